The summed E-state index contributed by atoms with van der Waals surface area (Å²) in [4.78, 5) is 36.9. The molecule has 0 aromatic heterocycles. The molecule has 2 aromatic carbocycles. The van der Waals surface area contributed by atoms with E-state index in [0.29, 0.717) is 11.9 Å². The van der Waals surface area contributed by atoms with Gasteiger partial charge in [-0.3, -0.25) is 9.69 Å². The number of fused-ring (bicyclic) bond motifs is 1. The molecule has 0 radical (unpaired) electrons. The largest absolute Gasteiger partial charge is 0.507 e. The first kappa shape index (κ1) is 16.6. The molecule has 0 unspecified atom stereocenters. The molecule has 25 heavy (non-hydrogen) atoms. The quantitative estimate of drug-likeness (QED) is 0.572. The van der Waals surface area contributed by atoms with Crippen molar-refractivity contribution in [2.75, 3.05) is 13.1 Å². The lowest BCUT2D eigenvalue weighted by Crippen LogP contribution is -2.41. The maximum Gasteiger partial charge on any atom is 0.342 e. The van der Waals surface area contributed by atoms with Crippen molar-refractivity contribution in [2.45, 2.75) is 13.0 Å². The third-order valence-corrected chi connectivity index (χ3v) is 3.97. The fraction of sp³-hybridized carbons (Fsp3) is 0.235. The van der Waals surface area contributed by atoms with Gasteiger partial charge in [0, 0.05) is 23.9 Å². The van der Waals surface area contributed by atoms with Crippen molar-refractivity contribution in [2.24, 2.45) is 0 Å². The molecule has 8 nitrogen and oxygen atoms in total. The first-order chi connectivity index (χ1) is 11.9. The molecular formula is C17H16N2O6. The Hall–Kier alpha value is -3.29. The lowest BCUT2D eigenvalue weighted by molar-refractivity contribution is -0.136. The number of rotatable bonds is 3. The molecule has 1 fully saturated rings. The number of amides is 3. The average molecular weight is 344 g/mol. The van der Waals surface area contributed by atoms with Gasteiger partial charge in [0.15, 0.2) is 6.10 Å². The van der Waals surface area contributed by atoms with Gasteiger partial charge < -0.3 is 20.3 Å². The van der Waals surface area contributed by atoms with Crippen molar-refractivity contribution in [1.82, 2.24) is 10.2 Å². The molecule has 3 rings (SSSR count). The summed E-state index contributed by atoms with van der Waals surface area (Å²) >= 11 is 0. The number of benzene rings is 2. The molecule has 3 amide bonds. The van der Waals surface area contributed by atoms with Crippen molar-refractivity contribution in [3.63, 3.8) is 0 Å². The van der Waals surface area contributed by atoms with Crippen LogP contribution in [0.5, 0.6) is 11.5 Å². The van der Waals surface area contributed by atoms with Gasteiger partial charge in [-0.2, -0.15) is 0 Å². The molecule has 1 atom stereocenters. The zero-order valence-electron chi connectivity index (χ0n) is 13.4. The molecule has 1 heterocycles. The summed E-state index contributed by atoms with van der Waals surface area (Å²) in [5.41, 5.74) is -0.262. The predicted octanol–water partition coefficient (Wildman–Crippen LogP) is 1.35. The first-order valence-electron chi connectivity index (χ1n) is 7.64. The Morgan fingerprint density at radius 3 is 2.56 bits per heavy atom. The minimum Gasteiger partial charge on any atom is -0.507 e. The summed E-state index contributed by atoms with van der Waals surface area (Å²) in [5.74, 6) is -2.18. The van der Waals surface area contributed by atoms with Gasteiger partial charge in [-0.05, 0) is 13.0 Å². The Bertz CT molecular complexity index is 879. The standard InChI is InChI=1S/C17H16N2O6/c1-9(15(22)19-7-6-18-17(19)24)25-16(23)12-8-13(20)10-4-2-3-5-11(10)14(12)21/h2-5,8-9,20-21H,6-7H2,1H3,(H,18,24)/t9-/m1/s1. The number of esters is 1. The van der Waals surface area contributed by atoms with E-state index >= 15 is 0 Å². The van der Waals surface area contributed by atoms with Crippen LogP contribution < -0.4 is 5.32 Å². The van der Waals surface area contributed by atoms with Crippen molar-refractivity contribution in [3.8, 4) is 11.5 Å². The van der Waals surface area contributed by atoms with Gasteiger partial charge in [-0.1, -0.05) is 24.3 Å². The molecule has 1 aliphatic rings. The molecule has 0 saturated carbocycles. The molecule has 0 spiro atoms. The van der Waals surface area contributed by atoms with Crippen LogP contribution in [0, 0.1) is 0 Å². The number of hydrogen-bond donors (Lipinski definition) is 3. The number of imide groups is 1. The third kappa shape index (κ3) is 2.93. The predicted molar refractivity (Wildman–Crippen MR) is 87.3 cm³/mol. The minimum atomic E-state index is -1.22. The number of nitrogens with one attached hydrogen (secondary N) is 1. The smallest absolute Gasteiger partial charge is 0.342 e. The zero-order valence-corrected chi connectivity index (χ0v) is 13.4. The summed E-state index contributed by atoms with van der Waals surface area (Å²) in [6.07, 6.45) is -1.22. The summed E-state index contributed by atoms with van der Waals surface area (Å²) in [6, 6.07) is 7.01. The van der Waals surface area contributed by atoms with Crippen LogP contribution in [-0.2, 0) is 9.53 Å². The first-order valence-corrected chi connectivity index (χ1v) is 7.64. The normalized spacial score (nSPS) is 15.1. The Kier molecular flexibility index (Phi) is 4.18. The summed E-state index contributed by atoms with van der Waals surface area (Å²) in [5, 5.41) is 23.5. The van der Waals surface area contributed by atoms with E-state index in [9.17, 15) is 24.6 Å². The molecule has 1 saturated heterocycles. The summed E-state index contributed by atoms with van der Waals surface area (Å²) in [7, 11) is 0. The zero-order chi connectivity index (χ0) is 18.1. The number of urea groups is 1. The highest BCUT2D eigenvalue weighted by molar-refractivity contribution is 6.05. The van der Waals surface area contributed by atoms with Crippen LogP contribution in [0.1, 0.15) is 17.3 Å². The number of aromatic hydroxyl groups is 2. The number of nitrogens with zero attached hydrogens (tertiary/aromatic N) is 1. The van der Waals surface area contributed by atoms with Gasteiger partial charge in [0.25, 0.3) is 5.91 Å². The van der Waals surface area contributed by atoms with Gasteiger partial charge in [-0.25, -0.2) is 9.59 Å². The second-order valence-corrected chi connectivity index (χ2v) is 5.61. The summed E-state index contributed by atoms with van der Waals surface area (Å²) in [6.45, 7) is 1.87. The van der Waals surface area contributed by atoms with Crippen molar-refractivity contribution >= 4 is 28.7 Å². The highest BCUT2D eigenvalue weighted by Gasteiger charge is 2.32. The number of phenols is 2. The lowest BCUT2D eigenvalue weighted by Gasteiger charge is -2.18. The molecular weight excluding hydrogens is 328 g/mol. The monoisotopic (exact) mass is 344 g/mol. The molecule has 1 aliphatic heterocycles. The number of ether oxygens (including phenoxy) is 1. The van der Waals surface area contributed by atoms with Crippen molar-refractivity contribution in [1.29, 1.82) is 0 Å². The molecule has 3 N–H and O–H groups in total. The van der Waals surface area contributed by atoms with Gasteiger partial charge in [0.1, 0.15) is 17.1 Å². The molecule has 0 aliphatic carbocycles. The topological polar surface area (TPSA) is 116 Å². The Morgan fingerprint density at radius 1 is 1.24 bits per heavy atom. The van der Waals surface area contributed by atoms with Crippen LogP contribution in [0.15, 0.2) is 30.3 Å². The van der Waals surface area contributed by atoms with Crippen LogP contribution in [0.3, 0.4) is 0 Å². The second-order valence-electron chi connectivity index (χ2n) is 5.61. The van der Waals surface area contributed by atoms with E-state index in [2.05, 4.69) is 5.32 Å². The van der Waals surface area contributed by atoms with Crippen molar-refractivity contribution in [3.05, 3.63) is 35.9 Å². The van der Waals surface area contributed by atoms with Gasteiger partial charge in [-0.15, -0.1) is 0 Å². The highest BCUT2D eigenvalue weighted by atomic mass is 16.5. The summed E-state index contributed by atoms with van der Waals surface area (Å²) < 4.78 is 5.06. The maximum absolute atomic E-state index is 12.3. The van der Waals surface area contributed by atoms with Gasteiger partial charge in [0.2, 0.25) is 0 Å². The van der Waals surface area contributed by atoms with Crippen LogP contribution in [0.2, 0.25) is 0 Å². The van der Waals surface area contributed by atoms with E-state index in [1.54, 1.807) is 24.3 Å². The van der Waals surface area contributed by atoms with E-state index in [0.717, 1.165) is 11.0 Å². The SMILES string of the molecule is C[C@@H](OC(=O)c1cc(O)c2ccccc2c1O)C(=O)N1CCNC1=O. The molecule has 2 aromatic rings. The fourth-order valence-corrected chi connectivity index (χ4v) is 2.67. The van der Waals surface area contributed by atoms with Crippen LogP contribution in [0.4, 0.5) is 4.79 Å². The van der Waals surface area contributed by atoms with E-state index < -0.39 is 24.0 Å². The molecule has 8 heteroatoms. The Labute approximate surface area is 142 Å². The second kappa shape index (κ2) is 6.31. The van der Waals surface area contributed by atoms with Gasteiger partial charge in [0.05, 0.1) is 0 Å². The fourth-order valence-electron chi connectivity index (χ4n) is 2.67. The van der Waals surface area contributed by atoms with Crippen LogP contribution in [0.25, 0.3) is 10.8 Å². The average Bonchev–Trinajstić information content (AvgIpc) is 3.03. The highest BCUT2D eigenvalue weighted by Crippen LogP contribution is 2.35. The lowest BCUT2D eigenvalue weighted by atomic mass is 10.0. The molecule has 130 valence electrons. The number of carbonyl (C=O) groups is 3. The number of phenolic OH excluding ortho intramolecular Hbond substituents is 2. The molecule has 0 bridgehead atoms. The number of carbonyl (C=O) groups excluding carboxylic acids is 3. The van der Waals surface area contributed by atoms with Crippen LogP contribution in [-0.4, -0.2) is 52.2 Å². The minimum absolute atomic E-state index is 0.196. The maximum atomic E-state index is 12.3. The number of hydrogen-bond acceptors (Lipinski definition) is 6. The van der Waals surface area contributed by atoms with Gasteiger partial charge >= 0.3 is 12.0 Å². The van der Waals surface area contributed by atoms with E-state index in [4.69, 9.17) is 4.74 Å². The van der Waals surface area contributed by atoms with E-state index in [1.807, 2.05) is 0 Å². The van der Waals surface area contributed by atoms with E-state index in [1.165, 1.54) is 6.92 Å². The van der Waals surface area contributed by atoms with E-state index in [-0.39, 0.29) is 29.0 Å². The third-order valence-electron chi connectivity index (χ3n) is 3.97. The van der Waals surface area contributed by atoms with Crippen molar-refractivity contribution < 1.29 is 29.3 Å². The van der Waals surface area contributed by atoms with Crippen LogP contribution >= 0.6 is 0 Å². The Balaban J connectivity index is 1.84. The Morgan fingerprint density at radius 2 is 1.92 bits per heavy atom.